The molecule has 1 aromatic carbocycles. The highest BCUT2D eigenvalue weighted by atomic mass is 15.1. The van der Waals surface area contributed by atoms with E-state index in [0.717, 1.165) is 13.1 Å². The Morgan fingerprint density at radius 2 is 1.83 bits per heavy atom. The monoisotopic (exact) mass is 248 g/mol. The van der Waals surface area contributed by atoms with Crippen molar-refractivity contribution < 1.29 is 0 Å². The highest BCUT2D eigenvalue weighted by Crippen LogP contribution is 2.22. The van der Waals surface area contributed by atoms with Gasteiger partial charge < -0.3 is 10.2 Å². The maximum atomic E-state index is 3.51. The van der Waals surface area contributed by atoms with Gasteiger partial charge in [-0.2, -0.15) is 0 Å². The molecule has 1 aromatic rings. The molecule has 1 rings (SSSR count). The number of nitrogens with one attached hydrogen (secondary N) is 1. The van der Waals surface area contributed by atoms with Crippen LogP contribution in [0.25, 0.3) is 0 Å². The summed E-state index contributed by atoms with van der Waals surface area (Å²) in [5, 5.41) is 3.51. The summed E-state index contributed by atoms with van der Waals surface area (Å²) < 4.78 is 0. The lowest BCUT2D eigenvalue weighted by Gasteiger charge is -2.25. The van der Waals surface area contributed by atoms with E-state index in [9.17, 15) is 0 Å². The molecule has 0 atom stereocenters. The second-order valence-corrected chi connectivity index (χ2v) is 5.94. The van der Waals surface area contributed by atoms with Crippen molar-refractivity contribution in [2.45, 2.75) is 47.2 Å². The minimum absolute atomic E-state index is 0.522. The van der Waals surface area contributed by atoms with Crippen molar-refractivity contribution in [2.75, 3.05) is 18.5 Å². The van der Waals surface area contributed by atoms with E-state index in [1.165, 1.54) is 16.8 Å². The summed E-state index contributed by atoms with van der Waals surface area (Å²) in [6, 6.07) is 7.26. The molecule has 0 saturated heterocycles. The molecule has 1 N–H and O–H groups in total. The molecule has 0 saturated carbocycles. The Morgan fingerprint density at radius 3 is 2.39 bits per heavy atom. The topological polar surface area (TPSA) is 15.3 Å². The summed E-state index contributed by atoms with van der Waals surface area (Å²) in [5.41, 5.74) is 4.08. The van der Waals surface area contributed by atoms with E-state index < -0.39 is 0 Å². The van der Waals surface area contributed by atoms with Gasteiger partial charge in [0.05, 0.1) is 0 Å². The average Bonchev–Trinajstić information content (AvgIpc) is 2.25. The zero-order valence-electron chi connectivity index (χ0n) is 12.7. The molecule has 0 aliphatic carbocycles. The van der Waals surface area contributed by atoms with Crippen LogP contribution in [0.5, 0.6) is 0 Å². The molecule has 102 valence electrons. The van der Waals surface area contributed by atoms with Crippen LogP contribution in [-0.2, 0) is 6.54 Å². The molecule has 2 heteroatoms. The first-order valence-electron chi connectivity index (χ1n) is 6.94. The van der Waals surface area contributed by atoms with Gasteiger partial charge in [-0.25, -0.2) is 0 Å². The van der Waals surface area contributed by atoms with Crippen molar-refractivity contribution in [1.82, 2.24) is 5.32 Å². The standard InChI is InChI=1S/C16H28N2/c1-12(2)11-18(6)16-8-7-14(5)9-15(16)10-17-13(3)4/h7-9,12-13,17H,10-11H2,1-6H3. The minimum atomic E-state index is 0.522. The van der Waals surface area contributed by atoms with E-state index >= 15 is 0 Å². The molecular weight excluding hydrogens is 220 g/mol. The lowest BCUT2D eigenvalue weighted by atomic mass is 10.1. The fourth-order valence-electron chi connectivity index (χ4n) is 2.19. The summed E-state index contributed by atoms with van der Waals surface area (Å²) in [7, 11) is 2.18. The second kappa shape index (κ2) is 6.79. The van der Waals surface area contributed by atoms with Crippen LogP contribution >= 0.6 is 0 Å². The van der Waals surface area contributed by atoms with E-state index in [1.54, 1.807) is 0 Å². The van der Waals surface area contributed by atoms with E-state index in [1.807, 2.05) is 0 Å². The fraction of sp³-hybridized carbons (Fsp3) is 0.625. The molecule has 0 amide bonds. The third-order valence-corrected chi connectivity index (χ3v) is 2.99. The Kier molecular flexibility index (Phi) is 5.67. The van der Waals surface area contributed by atoms with Gasteiger partial charge >= 0.3 is 0 Å². The minimum Gasteiger partial charge on any atom is -0.374 e. The van der Waals surface area contributed by atoms with Gasteiger partial charge in [0.15, 0.2) is 0 Å². The molecule has 0 fully saturated rings. The molecule has 18 heavy (non-hydrogen) atoms. The van der Waals surface area contributed by atoms with Crippen molar-refractivity contribution in [1.29, 1.82) is 0 Å². The summed E-state index contributed by atoms with van der Waals surface area (Å²) in [4.78, 5) is 2.36. The summed E-state index contributed by atoms with van der Waals surface area (Å²) in [5.74, 6) is 0.683. The fourth-order valence-corrected chi connectivity index (χ4v) is 2.19. The van der Waals surface area contributed by atoms with Crippen LogP contribution in [0.15, 0.2) is 18.2 Å². The van der Waals surface area contributed by atoms with Gasteiger partial charge in [0.1, 0.15) is 0 Å². The lowest BCUT2D eigenvalue weighted by molar-refractivity contribution is 0.585. The van der Waals surface area contributed by atoms with Crippen LogP contribution in [-0.4, -0.2) is 19.6 Å². The Labute approximate surface area is 112 Å². The molecule has 0 bridgehead atoms. The van der Waals surface area contributed by atoms with Gasteiger partial charge in [-0.15, -0.1) is 0 Å². The van der Waals surface area contributed by atoms with Gasteiger partial charge in [0.2, 0.25) is 0 Å². The number of rotatable bonds is 6. The predicted octanol–water partition coefficient (Wildman–Crippen LogP) is 3.59. The summed E-state index contributed by atoms with van der Waals surface area (Å²) in [6.07, 6.45) is 0. The van der Waals surface area contributed by atoms with Gasteiger partial charge in [0, 0.05) is 31.9 Å². The van der Waals surface area contributed by atoms with E-state index in [0.29, 0.717) is 12.0 Å². The van der Waals surface area contributed by atoms with Gasteiger partial charge in [-0.3, -0.25) is 0 Å². The molecule has 0 aliphatic heterocycles. The Balaban J connectivity index is 2.88. The lowest BCUT2D eigenvalue weighted by Crippen LogP contribution is -2.27. The van der Waals surface area contributed by atoms with Crippen molar-refractivity contribution in [3.63, 3.8) is 0 Å². The molecule has 0 heterocycles. The molecular formula is C16H28N2. The molecule has 0 aliphatic rings. The zero-order chi connectivity index (χ0) is 13.7. The predicted molar refractivity (Wildman–Crippen MR) is 81.3 cm³/mol. The smallest absolute Gasteiger partial charge is 0.0409 e. The molecule has 0 spiro atoms. The first kappa shape index (κ1) is 15.0. The average molecular weight is 248 g/mol. The first-order valence-corrected chi connectivity index (χ1v) is 6.94. The third kappa shape index (κ3) is 4.69. The molecule has 0 aromatic heterocycles. The number of anilines is 1. The van der Waals surface area contributed by atoms with Crippen molar-refractivity contribution in [3.8, 4) is 0 Å². The summed E-state index contributed by atoms with van der Waals surface area (Å²) in [6.45, 7) is 13.1. The van der Waals surface area contributed by atoms with Gasteiger partial charge in [0.25, 0.3) is 0 Å². The Hall–Kier alpha value is -1.02. The van der Waals surface area contributed by atoms with E-state index in [4.69, 9.17) is 0 Å². The number of hydrogen-bond acceptors (Lipinski definition) is 2. The quantitative estimate of drug-likeness (QED) is 0.827. The maximum Gasteiger partial charge on any atom is 0.0409 e. The molecule has 0 radical (unpaired) electrons. The first-order chi connectivity index (χ1) is 8.40. The van der Waals surface area contributed by atoms with Crippen molar-refractivity contribution in [3.05, 3.63) is 29.3 Å². The number of aryl methyl sites for hydroxylation is 1. The summed E-state index contributed by atoms with van der Waals surface area (Å²) >= 11 is 0. The Bertz CT molecular complexity index is 369. The van der Waals surface area contributed by atoms with Crippen LogP contribution in [0.1, 0.15) is 38.8 Å². The van der Waals surface area contributed by atoms with E-state index in [-0.39, 0.29) is 0 Å². The number of hydrogen-bond donors (Lipinski definition) is 1. The van der Waals surface area contributed by atoms with Crippen molar-refractivity contribution >= 4 is 5.69 Å². The van der Waals surface area contributed by atoms with Crippen LogP contribution in [0.2, 0.25) is 0 Å². The van der Waals surface area contributed by atoms with Crippen LogP contribution < -0.4 is 10.2 Å². The zero-order valence-corrected chi connectivity index (χ0v) is 12.7. The van der Waals surface area contributed by atoms with Crippen molar-refractivity contribution in [2.24, 2.45) is 5.92 Å². The third-order valence-electron chi connectivity index (χ3n) is 2.99. The van der Waals surface area contributed by atoms with Gasteiger partial charge in [-0.05, 0) is 24.5 Å². The van der Waals surface area contributed by atoms with Gasteiger partial charge in [-0.1, -0.05) is 45.4 Å². The molecule has 2 nitrogen and oxygen atoms in total. The largest absolute Gasteiger partial charge is 0.374 e. The normalized spacial score (nSPS) is 11.3. The highest BCUT2D eigenvalue weighted by molar-refractivity contribution is 5.54. The Morgan fingerprint density at radius 1 is 1.17 bits per heavy atom. The second-order valence-electron chi connectivity index (χ2n) is 5.94. The van der Waals surface area contributed by atoms with Crippen LogP contribution in [0.3, 0.4) is 0 Å². The van der Waals surface area contributed by atoms with E-state index in [2.05, 4.69) is 70.1 Å². The maximum absolute atomic E-state index is 3.51. The van der Waals surface area contributed by atoms with Crippen LogP contribution in [0, 0.1) is 12.8 Å². The number of nitrogens with zero attached hydrogens (tertiary/aromatic N) is 1. The SMILES string of the molecule is Cc1ccc(N(C)CC(C)C)c(CNC(C)C)c1. The molecule has 0 unspecified atom stereocenters. The highest BCUT2D eigenvalue weighted by Gasteiger charge is 2.09. The number of benzene rings is 1. The van der Waals surface area contributed by atoms with Crippen LogP contribution in [0.4, 0.5) is 5.69 Å².